The summed E-state index contributed by atoms with van der Waals surface area (Å²) >= 11 is 0. The number of hydrogen-bond donors (Lipinski definition) is 3. The Morgan fingerprint density at radius 3 is 2.30 bits per heavy atom. The number of nitrogens with two attached hydrogens (primary N) is 1. The number of rotatable bonds is 5. The molecule has 0 bridgehead atoms. The van der Waals surface area contributed by atoms with E-state index in [1.807, 2.05) is 20.8 Å². The SMILES string of the molecule is CC(C)(C)C(=O)NCC(=O)NC(CN)C1CCCCC1. The molecule has 2 amide bonds. The molecule has 5 heteroatoms. The van der Waals surface area contributed by atoms with E-state index in [2.05, 4.69) is 10.6 Å². The molecular weight excluding hydrogens is 254 g/mol. The van der Waals surface area contributed by atoms with Gasteiger partial charge in [0.2, 0.25) is 11.8 Å². The largest absolute Gasteiger partial charge is 0.350 e. The van der Waals surface area contributed by atoms with Crippen molar-refractivity contribution in [2.45, 2.75) is 58.9 Å². The molecule has 0 aliphatic heterocycles. The fourth-order valence-corrected chi connectivity index (χ4v) is 2.59. The number of carbonyl (C=O) groups is 2. The van der Waals surface area contributed by atoms with E-state index >= 15 is 0 Å². The quantitative estimate of drug-likeness (QED) is 0.708. The molecule has 0 aromatic carbocycles. The fourth-order valence-electron chi connectivity index (χ4n) is 2.59. The normalized spacial score (nSPS) is 18.4. The smallest absolute Gasteiger partial charge is 0.239 e. The molecule has 1 atom stereocenters. The van der Waals surface area contributed by atoms with Crippen molar-refractivity contribution in [3.63, 3.8) is 0 Å². The molecular formula is C15H29N3O2. The summed E-state index contributed by atoms with van der Waals surface area (Å²) in [6.45, 7) is 5.96. The van der Waals surface area contributed by atoms with E-state index in [0.29, 0.717) is 12.5 Å². The highest BCUT2D eigenvalue weighted by atomic mass is 16.2. The summed E-state index contributed by atoms with van der Waals surface area (Å²) in [6.07, 6.45) is 5.99. The summed E-state index contributed by atoms with van der Waals surface area (Å²) in [6, 6.07) is 0.0364. The highest BCUT2D eigenvalue weighted by molar-refractivity contribution is 5.87. The Morgan fingerprint density at radius 1 is 1.20 bits per heavy atom. The highest BCUT2D eigenvalue weighted by Gasteiger charge is 2.25. The van der Waals surface area contributed by atoms with E-state index < -0.39 is 5.41 Å². The minimum absolute atomic E-state index is 0.0271. The molecule has 1 aliphatic rings. The predicted octanol–water partition coefficient (Wildman–Crippen LogP) is 1.17. The van der Waals surface area contributed by atoms with Crippen LogP contribution in [0.5, 0.6) is 0 Å². The van der Waals surface area contributed by atoms with E-state index in [-0.39, 0.29) is 24.4 Å². The van der Waals surface area contributed by atoms with Gasteiger partial charge in [0.1, 0.15) is 0 Å². The van der Waals surface area contributed by atoms with Crippen LogP contribution in [0, 0.1) is 11.3 Å². The molecule has 5 nitrogen and oxygen atoms in total. The average molecular weight is 283 g/mol. The van der Waals surface area contributed by atoms with Gasteiger partial charge in [-0.15, -0.1) is 0 Å². The maximum Gasteiger partial charge on any atom is 0.239 e. The molecule has 0 aromatic heterocycles. The molecule has 116 valence electrons. The van der Waals surface area contributed by atoms with E-state index in [1.54, 1.807) is 0 Å². The van der Waals surface area contributed by atoms with E-state index in [0.717, 1.165) is 12.8 Å². The first-order valence-corrected chi connectivity index (χ1v) is 7.62. The van der Waals surface area contributed by atoms with Gasteiger partial charge in [0.05, 0.1) is 6.54 Å². The van der Waals surface area contributed by atoms with Crippen molar-refractivity contribution >= 4 is 11.8 Å². The lowest BCUT2D eigenvalue weighted by molar-refractivity contribution is -0.131. The van der Waals surface area contributed by atoms with Gasteiger partial charge in [-0.25, -0.2) is 0 Å². The van der Waals surface area contributed by atoms with Crippen LogP contribution in [0.25, 0.3) is 0 Å². The summed E-state index contributed by atoms with van der Waals surface area (Å²) in [5, 5.41) is 5.63. The van der Waals surface area contributed by atoms with Crippen molar-refractivity contribution in [3.05, 3.63) is 0 Å². The van der Waals surface area contributed by atoms with Crippen LogP contribution >= 0.6 is 0 Å². The Balaban J connectivity index is 2.37. The van der Waals surface area contributed by atoms with Gasteiger partial charge in [-0.05, 0) is 18.8 Å². The van der Waals surface area contributed by atoms with Crippen molar-refractivity contribution in [2.24, 2.45) is 17.1 Å². The highest BCUT2D eigenvalue weighted by Crippen LogP contribution is 2.26. The van der Waals surface area contributed by atoms with Gasteiger partial charge in [0.25, 0.3) is 0 Å². The maximum absolute atomic E-state index is 11.9. The van der Waals surface area contributed by atoms with Crippen molar-refractivity contribution in [1.29, 1.82) is 0 Å². The number of hydrogen-bond acceptors (Lipinski definition) is 3. The van der Waals surface area contributed by atoms with E-state index in [4.69, 9.17) is 5.73 Å². The number of amides is 2. The first kappa shape index (κ1) is 17.0. The molecule has 4 N–H and O–H groups in total. The van der Waals surface area contributed by atoms with Crippen LogP contribution in [0.2, 0.25) is 0 Å². The third-order valence-corrected chi connectivity index (χ3v) is 3.91. The van der Waals surface area contributed by atoms with Gasteiger partial charge >= 0.3 is 0 Å². The van der Waals surface area contributed by atoms with Gasteiger partial charge in [0.15, 0.2) is 0 Å². The molecule has 1 saturated carbocycles. The summed E-state index contributed by atoms with van der Waals surface area (Å²) in [5.41, 5.74) is 5.30. The molecule has 0 radical (unpaired) electrons. The van der Waals surface area contributed by atoms with Gasteiger partial charge in [-0.1, -0.05) is 40.0 Å². The fraction of sp³-hybridized carbons (Fsp3) is 0.867. The minimum atomic E-state index is -0.475. The van der Waals surface area contributed by atoms with E-state index in [9.17, 15) is 9.59 Å². The van der Waals surface area contributed by atoms with Crippen molar-refractivity contribution in [3.8, 4) is 0 Å². The minimum Gasteiger partial charge on any atom is -0.350 e. The van der Waals surface area contributed by atoms with E-state index in [1.165, 1.54) is 19.3 Å². The Labute approximate surface area is 122 Å². The molecule has 1 rings (SSSR count). The van der Waals surface area contributed by atoms with Crippen LogP contribution in [0.1, 0.15) is 52.9 Å². The van der Waals surface area contributed by atoms with Crippen molar-refractivity contribution in [1.82, 2.24) is 10.6 Å². The number of carbonyl (C=O) groups excluding carboxylic acids is 2. The molecule has 0 aromatic rings. The van der Waals surface area contributed by atoms with Crippen molar-refractivity contribution < 1.29 is 9.59 Å². The van der Waals surface area contributed by atoms with Gasteiger partial charge in [-0.3, -0.25) is 9.59 Å². The zero-order valence-corrected chi connectivity index (χ0v) is 13.0. The molecule has 0 spiro atoms. The summed E-state index contributed by atoms with van der Waals surface area (Å²) < 4.78 is 0. The van der Waals surface area contributed by atoms with Crippen LogP contribution in [-0.2, 0) is 9.59 Å². The predicted molar refractivity (Wildman–Crippen MR) is 80.0 cm³/mol. The van der Waals surface area contributed by atoms with Crippen LogP contribution < -0.4 is 16.4 Å². The maximum atomic E-state index is 11.9. The second-order valence-electron chi connectivity index (χ2n) is 6.74. The monoisotopic (exact) mass is 283 g/mol. The average Bonchev–Trinajstić information content (AvgIpc) is 2.42. The second kappa shape index (κ2) is 7.62. The molecule has 1 aliphatic carbocycles. The third kappa shape index (κ3) is 5.49. The standard InChI is InChI=1S/C15H29N3O2/c1-15(2,3)14(20)17-10-13(19)18-12(9-16)11-7-5-4-6-8-11/h11-12H,4-10,16H2,1-3H3,(H,17,20)(H,18,19). The van der Waals surface area contributed by atoms with Crippen LogP contribution in [0.4, 0.5) is 0 Å². The number of nitrogens with one attached hydrogen (secondary N) is 2. The molecule has 0 heterocycles. The van der Waals surface area contributed by atoms with Gasteiger partial charge < -0.3 is 16.4 Å². The summed E-state index contributed by atoms with van der Waals surface area (Å²) in [4.78, 5) is 23.6. The molecule has 20 heavy (non-hydrogen) atoms. The summed E-state index contributed by atoms with van der Waals surface area (Å²) in [5.74, 6) is 0.217. The zero-order valence-electron chi connectivity index (χ0n) is 13.0. The Morgan fingerprint density at radius 2 is 1.80 bits per heavy atom. The van der Waals surface area contributed by atoms with Crippen LogP contribution in [0.3, 0.4) is 0 Å². The van der Waals surface area contributed by atoms with Crippen LogP contribution in [-0.4, -0.2) is 30.9 Å². The Hall–Kier alpha value is -1.10. The van der Waals surface area contributed by atoms with Crippen molar-refractivity contribution in [2.75, 3.05) is 13.1 Å². The third-order valence-electron chi connectivity index (χ3n) is 3.91. The Kier molecular flexibility index (Phi) is 6.46. The molecule has 1 unspecified atom stereocenters. The second-order valence-corrected chi connectivity index (χ2v) is 6.74. The zero-order chi connectivity index (χ0) is 15.2. The molecule has 1 fully saturated rings. The van der Waals surface area contributed by atoms with Gasteiger partial charge in [-0.2, -0.15) is 0 Å². The lowest BCUT2D eigenvalue weighted by Gasteiger charge is -2.30. The first-order chi connectivity index (χ1) is 9.34. The topological polar surface area (TPSA) is 84.2 Å². The molecule has 0 saturated heterocycles. The van der Waals surface area contributed by atoms with Crippen LogP contribution in [0.15, 0.2) is 0 Å². The Bertz CT molecular complexity index is 331. The first-order valence-electron chi connectivity index (χ1n) is 7.62. The lowest BCUT2D eigenvalue weighted by atomic mass is 9.84. The summed E-state index contributed by atoms with van der Waals surface area (Å²) in [7, 11) is 0. The lowest BCUT2D eigenvalue weighted by Crippen LogP contribution is -2.50. The van der Waals surface area contributed by atoms with Gasteiger partial charge in [0, 0.05) is 18.0 Å².